The molecule has 0 bridgehead atoms. The topological polar surface area (TPSA) is 56.2 Å². The Morgan fingerprint density at radius 3 is 2.56 bits per heavy atom. The molecule has 5 nitrogen and oxygen atoms in total. The van der Waals surface area contributed by atoms with Gasteiger partial charge in [0.05, 0.1) is 17.4 Å². The molecule has 1 atom stereocenters. The fourth-order valence-electron chi connectivity index (χ4n) is 3.39. The summed E-state index contributed by atoms with van der Waals surface area (Å²) in [6.07, 6.45) is 2.57. The van der Waals surface area contributed by atoms with E-state index in [4.69, 9.17) is 4.74 Å². The lowest BCUT2D eigenvalue weighted by Gasteiger charge is -2.22. The average Bonchev–Trinajstić information content (AvgIpc) is 2.94. The van der Waals surface area contributed by atoms with Crippen molar-refractivity contribution in [3.8, 4) is 5.69 Å². The van der Waals surface area contributed by atoms with Crippen LogP contribution in [0.5, 0.6) is 0 Å². The van der Waals surface area contributed by atoms with Crippen LogP contribution in [-0.2, 0) is 9.53 Å². The summed E-state index contributed by atoms with van der Waals surface area (Å²) >= 11 is 0. The molecule has 1 fully saturated rings. The van der Waals surface area contributed by atoms with Crippen molar-refractivity contribution in [2.24, 2.45) is 5.92 Å². The predicted molar refractivity (Wildman–Crippen MR) is 97.8 cm³/mol. The standard InChI is InChI=1S/C20H27N3O2/c1-14-12-15(2)23(22-14)19-6-4-18(5-7-19)16(3)21-20(24)13-17-8-10-25-11-9-17/h4-7,12,16-17H,8-11,13H2,1-3H3,(H,21,24)/t16-/m0/s1. The molecule has 0 unspecified atom stereocenters. The first kappa shape index (κ1) is 17.7. The van der Waals surface area contributed by atoms with E-state index in [1.165, 1.54) is 0 Å². The number of aromatic nitrogens is 2. The lowest BCUT2D eigenvalue weighted by atomic mass is 9.96. The van der Waals surface area contributed by atoms with E-state index in [1.54, 1.807) is 0 Å². The van der Waals surface area contributed by atoms with Gasteiger partial charge >= 0.3 is 0 Å². The first-order valence-electron chi connectivity index (χ1n) is 9.03. The van der Waals surface area contributed by atoms with Gasteiger partial charge in [0, 0.05) is 25.3 Å². The number of nitrogens with zero attached hydrogens (tertiary/aromatic N) is 2. The smallest absolute Gasteiger partial charge is 0.220 e. The van der Waals surface area contributed by atoms with E-state index in [0.717, 1.165) is 48.7 Å². The second-order valence-electron chi connectivity index (χ2n) is 6.98. The molecule has 5 heteroatoms. The molecule has 3 rings (SSSR count). The van der Waals surface area contributed by atoms with Crippen LogP contribution in [0.4, 0.5) is 0 Å². The number of benzene rings is 1. The molecule has 134 valence electrons. The number of rotatable bonds is 5. The minimum Gasteiger partial charge on any atom is -0.381 e. The van der Waals surface area contributed by atoms with Crippen molar-refractivity contribution >= 4 is 5.91 Å². The quantitative estimate of drug-likeness (QED) is 0.906. The Morgan fingerprint density at radius 2 is 1.96 bits per heavy atom. The summed E-state index contributed by atoms with van der Waals surface area (Å²) < 4.78 is 7.29. The minimum absolute atomic E-state index is 0.00171. The number of aryl methyl sites for hydroxylation is 2. The van der Waals surface area contributed by atoms with E-state index in [2.05, 4.69) is 40.7 Å². The van der Waals surface area contributed by atoms with Crippen LogP contribution < -0.4 is 5.32 Å². The SMILES string of the molecule is Cc1cc(C)n(-c2ccc([C@H](C)NC(=O)CC3CCOCC3)cc2)n1. The number of carbonyl (C=O) groups is 1. The van der Waals surface area contributed by atoms with Gasteiger partial charge in [-0.15, -0.1) is 0 Å². The van der Waals surface area contributed by atoms with Crippen LogP contribution in [0.25, 0.3) is 5.69 Å². The van der Waals surface area contributed by atoms with Crippen LogP contribution in [-0.4, -0.2) is 28.9 Å². The van der Waals surface area contributed by atoms with E-state index in [9.17, 15) is 4.79 Å². The molecular formula is C20H27N3O2. The van der Waals surface area contributed by atoms with Gasteiger partial charge in [0.1, 0.15) is 0 Å². The third-order valence-corrected chi connectivity index (χ3v) is 4.84. The van der Waals surface area contributed by atoms with Crippen LogP contribution in [0.3, 0.4) is 0 Å². The van der Waals surface area contributed by atoms with Crippen molar-refractivity contribution in [1.29, 1.82) is 0 Å². The highest BCUT2D eigenvalue weighted by atomic mass is 16.5. The Bertz CT molecular complexity index is 715. The molecule has 1 aromatic carbocycles. The van der Waals surface area contributed by atoms with Crippen molar-refractivity contribution in [2.75, 3.05) is 13.2 Å². The molecule has 1 saturated heterocycles. The maximum absolute atomic E-state index is 12.3. The van der Waals surface area contributed by atoms with E-state index in [1.807, 2.05) is 25.5 Å². The molecule has 0 spiro atoms. The molecule has 1 aliphatic rings. The Hall–Kier alpha value is -2.14. The molecule has 0 saturated carbocycles. The summed E-state index contributed by atoms with van der Waals surface area (Å²) in [6, 6.07) is 10.3. The highest BCUT2D eigenvalue weighted by Crippen LogP contribution is 2.20. The van der Waals surface area contributed by atoms with Crippen molar-refractivity contribution in [3.05, 3.63) is 47.3 Å². The Balaban J connectivity index is 1.59. The zero-order valence-electron chi connectivity index (χ0n) is 15.3. The second kappa shape index (κ2) is 7.83. The number of nitrogens with one attached hydrogen (secondary N) is 1. The van der Waals surface area contributed by atoms with Crippen molar-refractivity contribution in [2.45, 2.75) is 46.1 Å². The van der Waals surface area contributed by atoms with Gasteiger partial charge in [-0.3, -0.25) is 4.79 Å². The number of carbonyl (C=O) groups excluding carboxylic acids is 1. The first-order chi connectivity index (χ1) is 12.0. The molecule has 25 heavy (non-hydrogen) atoms. The number of hydrogen-bond acceptors (Lipinski definition) is 3. The summed E-state index contributed by atoms with van der Waals surface area (Å²) in [6.45, 7) is 7.63. The largest absolute Gasteiger partial charge is 0.381 e. The zero-order valence-corrected chi connectivity index (χ0v) is 15.3. The first-order valence-corrected chi connectivity index (χ1v) is 9.03. The van der Waals surface area contributed by atoms with Crippen LogP contribution in [0.2, 0.25) is 0 Å². The molecule has 0 aliphatic carbocycles. The second-order valence-corrected chi connectivity index (χ2v) is 6.98. The normalized spacial score (nSPS) is 16.6. The molecule has 1 aliphatic heterocycles. The van der Waals surface area contributed by atoms with Gasteiger partial charge in [0.25, 0.3) is 0 Å². The number of ether oxygens (including phenoxy) is 1. The summed E-state index contributed by atoms with van der Waals surface area (Å²) in [5, 5.41) is 7.62. The average molecular weight is 341 g/mol. The van der Waals surface area contributed by atoms with Crippen molar-refractivity contribution in [3.63, 3.8) is 0 Å². The fraction of sp³-hybridized carbons (Fsp3) is 0.500. The van der Waals surface area contributed by atoms with Gasteiger partial charge < -0.3 is 10.1 Å². The van der Waals surface area contributed by atoms with E-state index < -0.39 is 0 Å². The minimum atomic E-state index is 0.00171. The van der Waals surface area contributed by atoms with E-state index >= 15 is 0 Å². The lowest BCUT2D eigenvalue weighted by Crippen LogP contribution is -2.30. The molecule has 1 N–H and O–H groups in total. The van der Waals surface area contributed by atoms with Gasteiger partial charge in [-0.25, -0.2) is 4.68 Å². The molecule has 2 aromatic rings. The van der Waals surface area contributed by atoms with Crippen molar-refractivity contribution < 1.29 is 9.53 Å². The zero-order chi connectivity index (χ0) is 17.8. The highest BCUT2D eigenvalue weighted by Gasteiger charge is 2.18. The molecular weight excluding hydrogens is 314 g/mol. The fourth-order valence-corrected chi connectivity index (χ4v) is 3.39. The summed E-state index contributed by atoms with van der Waals surface area (Å²) in [7, 11) is 0. The van der Waals surface area contributed by atoms with Crippen LogP contribution >= 0.6 is 0 Å². The molecule has 1 amide bonds. The molecule has 2 heterocycles. The van der Waals surface area contributed by atoms with E-state index in [0.29, 0.717) is 12.3 Å². The van der Waals surface area contributed by atoms with Crippen molar-refractivity contribution in [1.82, 2.24) is 15.1 Å². The predicted octanol–water partition coefficient (Wildman–Crippen LogP) is 3.48. The number of amides is 1. The van der Waals surface area contributed by atoms with Gasteiger partial charge in [0.15, 0.2) is 0 Å². The lowest BCUT2D eigenvalue weighted by molar-refractivity contribution is -0.123. The number of hydrogen-bond donors (Lipinski definition) is 1. The highest BCUT2D eigenvalue weighted by molar-refractivity contribution is 5.76. The van der Waals surface area contributed by atoms with Crippen LogP contribution in [0.1, 0.15) is 49.2 Å². The Kier molecular flexibility index (Phi) is 5.53. The maximum atomic E-state index is 12.3. The Labute approximate surface area is 149 Å². The van der Waals surface area contributed by atoms with Gasteiger partial charge in [0.2, 0.25) is 5.91 Å². The summed E-state index contributed by atoms with van der Waals surface area (Å²) in [4.78, 5) is 12.3. The summed E-state index contributed by atoms with van der Waals surface area (Å²) in [5.74, 6) is 0.580. The van der Waals surface area contributed by atoms with Crippen LogP contribution in [0, 0.1) is 19.8 Å². The maximum Gasteiger partial charge on any atom is 0.220 e. The third kappa shape index (κ3) is 4.48. The van der Waals surface area contributed by atoms with E-state index in [-0.39, 0.29) is 11.9 Å². The third-order valence-electron chi connectivity index (χ3n) is 4.84. The van der Waals surface area contributed by atoms with Gasteiger partial charge in [-0.2, -0.15) is 5.10 Å². The summed E-state index contributed by atoms with van der Waals surface area (Å²) in [5.41, 5.74) is 4.26. The monoisotopic (exact) mass is 341 g/mol. The molecule has 1 aromatic heterocycles. The molecule has 0 radical (unpaired) electrons. The Morgan fingerprint density at radius 1 is 1.28 bits per heavy atom. The van der Waals surface area contributed by atoms with Crippen LogP contribution in [0.15, 0.2) is 30.3 Å². The van der Waals surface area contributed by atoms with Gasteiger partial charge in [-0.1, -0.05) is 12.1 Å². The van der Waals surface area contributed by atoms with Gasteiger partial charge in [-0.05, 0) is 63.3 Å².